The van der Waals surface area contributed by atoms with Crippen LogP contribution in [0.5, 0.6) is 0 Å². The second-order valence-electron chi connectivity index (χ2n) is 9.91. The molecule has 1 unspecified atom stereocenters. The minimum absolute atomic E-state index is 0.00801. The molecule has 0 radical (unpaired) electrons. The molecule has 6 rings (SSSR count). The summed E-state index contributed by atoms with van der Waals surface area (Å²) in [7, 11) is 0. The quantitative estimate of drug-likeness (QED) is 0.432. The lowest BCUT2D eigenvalue weighted by molar-refractivity contribution is -0.134. The molecule has 186 valence electrons. The number of nitrogens with zero attached hydrogens (tertiary/aromatic N) is 4. The lowest BCUT2D eigenvalue weighted by atomic mass is 9.76. The first-order valence-electron chi connectivity index (χ1n) is 12.8. The number of amides is 2. The molecule has 7 nitrogen and oxygen atoms in total. The molecule has 2 aliphatic rings. The SMILES string of the molecule is Cc1ccc(C(=O)Nc2ccc(-n3ccnc3)cc2)c(C2CCN(C(=O)C3Cc4ccccc43)CC2)n1. The van der Waals surface area contributed by atoms with Gasteiger partial charge in [0.05, 0.1) is 23.5 Å². The molecule has 1 saturated heterocycles. The van der Waals surface area contributed by atoms with Crippen LogP contribution in [-0.4, -0.2) is 44.3 Å². The van der Waals surface area contributed by atoms with Gasteiger partial charge in [0.2, 0.25) is 5.91 Å². The second-order valence-corrected chi connectivity index (χ2v) is 9.91. The maximum Gasteiger partial charge on any atom is 0.257 e. The number of anilines is 1. The van der Waals surface area contributed by atoms with E-state index in [0.717, 1.165) is 42.0 Å². The van der Waals surface area contributed by atoms with Crippen LogP contribution in [0.1, 0.15) is 57.6 Å². The molecule has 1 N–H and O–H groups in total. The Morgan fingerprint density at radius 3 is 2.49 bits per heavy atom. The Morgan fingerprint density at radius 2 is 1.76 bits per heavy atom. The zero-order chi connectivity index (χ0) is 25.4. The van der Waals surface area contributed by atoms with Gasteiger partial charge in [-0.2, -0.15) is 0 Å². The number of rotatable bonds is 5. The molecule has 7 heteroatoms. The van der Waals surface area contributed by atoms with Gasteiger partial charge < -0.3 is 14.8 Å². The first-order chi connectivity index (χ1) is 18.1. The molecule has 0 saturated carbocycles. The first-order valence-corrected chi connectivity index (χ1v) is 12.8. The van der Waals surface area contributed by atoms with E-state index in [0.29, 0.717) is 18.7 Å². The molecule has 37 heavy (non-hydrogen) atoms. The summed E-state index contributed by atoms with van der Waals surface area (Å²) in [6.07, 6.45) is 7.78. The zero-order valence-electron chi connectivity index (χ0n) is 20.8. The van der Waals surface area contributed by atoms with Gasteiger partial charge in [0.25, 0.3) is 5.91 Å². The Morgan fingerprint density at radius 1 is 0.973 bits per heavy atom. The highest BCUT2D eigenvalue weighted by molar-refractivity contribution is 6.05. The third-order valence-corrected chi connectivity index (χ3v) is 7.58. The third-order valence-electron chi connectivity index (χ3n) is 7.58. The van der Waals surface area contributed by atoms with Crippen LogP contribution < -0.4 is 5.32 Å². The van der Waals surface area contributed by atoms with Gasteiger partial charge in [-0.15, -0.1) is 0 Å². The van der Waals surface area contributed by atoms with Gasteiger partial charge in [0, 0.05) is 48.5 Å². The van der Waals surface area contributed by atoms with Gasteiger partial charge in [0.1, 0.15) is 0 Å². The molecule has 1 fully saturated rings. The fourth-order valence-electron chi connectivity index (χ4n) is 5.48. The first kappa shape index (κ1) is 23.2. The number of carbonyl (C=O) groups is 2. The minimum Gasteiger partial charge on any atom is -0.342 e. The highest BCUT2D eigenvalue weighted by Gasteiger charge is 2.36. The summed E-state index contributed by atoms with van der Waals surface area (Å²) in [5, 5.41) is 3.03. The van der Waals surface area contributed by atoms with Crippen molar-refractivity contribution < 1.29 is 9.59 Å². The third kappa shape index (κ3) is 4.53. The molecule has 4 aromatic rings. The summed E-state index contributed by atoms with van der Waals surface area (Å²) in [4.78, 5) is 37.3. The fourth-order valence-corrected chi connectivity index (χ4v) is 5.48. The molecular formula is C30H29N5O2. The van der Waals surface area contributed by atoms with Crippen molar-refractivity contribution in [3.63, 3.8) is 0 Å². The molecule has 0 bridgehead atoms. The molecule has 0 spiro atoms. The van der Waals surface area contributed by atoms with Crippen molar-refractivity contribution in [2.75, 3.05) is 18.4 Å². The highest BCUT2D eigenvalue weighted by atomic mass is 16.2. The van der Waals surface area contributed by atoms with Crippen molar-refractivity contribution >= 4 is 17.5 Å². The van der Waals surface area contributed by atoms with E-state index in [2.05, 4.69) is 22.4 Å². The normalized spacial score (nSPS) is 17.1. The summed E-state index contributed by atoms with van der Waals surface area (Å²) in [6.45, 7) is 3.33. The zero-order valence-corrected chi connectivity index (χ0v) is 20.8. The summed E-state index contributed by atoms with van der Waals surface area (Å²) in [5.74, 6) is 0.197. The monoisotopic (exact) mass is 491 g/mol. The number of aromatic nitrogens is 3. The fraction of sp³-hybridized carbons (Fsp3) is 0.267. The number of fused-ring (bicyclic) bond motifs is 1. The Bertz CT molecular complexity index is 1440. The average molecular weight is 492 g/mol. The van der Waals surface area contributed by atoms with Gasteiger partial charge in [-0.05, 0) is 73.7 Å². The molecule has 3 heterocycles. The van der Waals surface area contributed by atoms with Gasteiger partial charge >= 0.3 is 0 Å². The summed E-state index contributed by atoms with van der Waals surface area (Å²) in [5.41, 5.74) is 6.47. The summed E-state index contributed by atoms with van der Waals surface area (Å²) in [6, 6.07) is 19.6. The van der Waals surface area contributed by atoms with Crippen LogP contribution in [0.15, 0.2) is 79.4 Å². The van der Waals surface area contributed by atoms with E-state index in [1.54, 1.807) is 12.5 Å². The van der Waals surface area contributed by atoms with E-state index in [4.69, 9.17) is 4.98 Å². The van der Waals surface area contributed by atoms with Crippen LogP contribution in [0.3, 0.4) is 0 Å². The molecule has 1 aliphatic carbocycles. The van der Waals surface area contributed by atoms with Crippen molar-refractivity contribution in [3.8, 4) is 5.69 Å². The standard InChI is InChI=1S/C30H29N5O2/c1-20-6-11-26(29(36)33-23-7-9-24(10-8-23)35-17-14-31-19-35)28(32-20)21-12-15-34(16-13-21)30(37)27-18-22-4-2-3-5-25(22)27/h2-11,14,17,19,21,27H,12-13,15-16,18H2,1H3,(H,33,36). The molecule has 1 aliphatic heterocycles. The van der Waals surface area contributed by atoms with Crippen LogP contribution in [0.4, 0.5) is 5.69 Å². The number of pyridine rings is 1. The van der Waals surface area contributed by atoms with E-state index in [9.17, 15) is 9.59 Å². The lowest BCUT2D eigenvalue weighted by Gasteiger charge is -2.38. The van der Waals surface area contributed by atoms with Gasteiger partial charge in [0.15, 0.2) is 0 Å². The molecule has 2 aromatic heterocycles. The highest BCUT2D eigenvalue weighted by Crippen LogP contribution is 2.38. The average Bonchev–Trinajstić information content (AvgIpc) is 3.45. The van der Waals surface area contributed by atoms with Crippen LogP contribution in [0.25, 0.3) is 5.69 Å². The van der Waals surface area contributed by atoms with Crippen molar-refractivity contribution in [2.24, 2.45) is 0 Å². The smallest absolute Gasteiger partial charge is 0.257 e. The van der Waals surface area contributed by atoms with Crippen LogP contribution in [-0.2, 0) is 11.2 Å². The molecule has 2 aromatic carbocycles. The van der Waals surface area contributed by atoms with Gasteiger partial charge in [-0.1, -0.05) is 24.3 Å². The Labute approximate surface area is 216 Å². The number of benzene rings is 2. The molecule has 1 atom stereocenters. The maximum absolute atomic E-state index is 13.3. The van der Waals surface area contributed by atoms with Crippen molar-refractivity contribution in [1.82, 2.24) is 19.4 Å². The number of piperidine rings is 1. The maximum atomic E-state index is 13.3. The van der Waals surface area contributed by atoms with Gasteiger partial charge in [-0.25, -0.2) is 4.98 Å². The van der Waals surface area contributed by atoms with Crippen LogP contribution in [0.2, 0.25) is 0 Å². The number of hydrogen-bond donors (Lipinski definition) is 1. The second kappa shape index (κ2) is 9.65. The van der Waals surface area contributed by atoms with Crippen molar-refractivity contribution in [1.29, 1.82) is 0 Å². The Kier molecular flexibility index (Phi) is 6.04. The largest absolute Gasteiger partial charge is 0.342 e. The number of likely N-dealkylation sites (tertiary alicyclic amines) is 1. The van der Waals surface area contributed by atoms with Crippen LogP contribution in [0, 0.1) is 6.92 Å². The Balaban J connectivity index is 1.13. The molecule has 2 amide bonds. The van der Waals surface area contributed by atoms with Gasteiger partial charge in [-0.3, -0.25) is 14.6 Å². The van der Waals surface area contributed by atoms with E-state index in [1.165, 1.54) is 11.1 Å². The summed E-state index contributed by atoms with van der Waals surface area (Å²) >= 11 is 0. The van der Waals surface area contributed by atoms with E-state index in [1.807, 2.05) is 71.1 Å². The predicted octanol–water partition coefficient (Wildman–Crippen LogP) is 4.87. The van der Waals surface area contributed by atoms with E-state index < -0.39 is 0 Å². The topological polar surface area (TPSA) is 80.1 Å². The number of imidazole rings is 1. The minimum atomic E-state index is -0.164. The van der Waals surface area contributed by atoms with E-state index in [-0.39, 0.29) is 23.7 Å². The Hall–Kier alpha value is -4.26. The number of carbonyl (C=O) groups excluding carboxylic acids is 2. The summed E-state index contributed by atoms with van der Waals surface area (Å²) < 4.78 is 1.91. The number of aryl methyl sites for hydroxylation is 1. The van der Waals surface area contributed by atoms with E-state index >= 15 is 0 Å². The van der Waals surface area contributed by atoms with Crippen molar-refractivity contribution in [2.45, 2.75) is 38.0 Å². The number of hydrogen-bond acceptors (Lipinski definition) is 4. The lowest BCUT2D eigenvalue weighted by Crippen LogP contribution is -2.43. The predicted molar refractivity (Wildman–Crippen MR) is 142 cm³/mol. The van der Waals surface area contributed by atoms with Crippen LogP contribution >= 0.6 is 0 Å². The number of nitrogens with one attached hydrogen (secondary N) is 1. The van der Waals surface area contributed by atoms with Crippen molar-refractivity contribution in [3.05, 3.63) is 107 Å². The molecular weight excluding hydrogens is 462 g/mol.